The lowest BCUT2D eigenvalue weighted by Crippen LogP contribution is -2.43. The molecule has 3 nitrogen and oxygen atoms in total. The Balaban J connectivity index is 2.22. The van der Waals surface area contributed by atoms with Gasteiger partial charge in [0.1, 0.15) is 0 Å². The van der Waals surface area contributed by atoms with Gasteiger partial charge in [-0.15, -0.1) is 0 Å². The summed E-state index contributed by atoms with van der Waals surface area (Å²) >= 11 is 0. The van der Waals surface area contributed by atoms with Crippen LogP contribution in [0.1, 0.15) is 26.2 Å². The van der Waals surface area contributed by atoms with E-state index in [1.54, 1.807) is 31.2 Å². The number of ketones is 1. The molecule has 0 bridgehead atoms. The molecule has 1 heterocycles. The number of amides is 1. The van der Waals surface area contributed by atoms with Crippen LogP contribution in [0.2, 0.25) is 0 Å². The van der Waals surface area contributed by atoms with Gasteiger partial charge in [-0.25, -0.2) is 4.39 Å². The molecular formula is C14H16FNO2. The highest BCUT2D eigenvalue weighted by atomic mass is 19.1. The third kappa shape index (κ3) is 2.03. The summed E-state index contributed by atoms with van der Waals surface area (Å²) in [6, 6.07) is 8.89. The molecule has 1 atom stereocenters. The molecule has 96 valence electrons. The molecule has 1 aliphatic rings. The second-order valence-corrected chi connectivity index (χ2v) is 4.52. The minimum absolute atomic E-state index is 0.0421. The number of hydrogen-bond acceptors (Lipinski definition) is 2. The summed E-state index contributed by atoms with van der Waals surface area (Å²) in [5, 5.41) is 0. The smallest absolute Gasteiger partial charge is 0.272 e. The van der Waals surface area contributed by atoms with Gasteiger partial charge in [0.25, 0.3) is 5.91 Å². The van der Waals surface area contributed by atoms with Gasteiger partial charge in [0, 0.05) is 25.1 Å². The lowest BCUT2D eigenvalue weighted by Gasteiger charge is -2.19. The van der Waals surface area contributed by atoms with Gasteiger partial charge in [0.15, 0.2) is 5.78 Å². The van der Waals surface area contributed by atoms with Gasteiger partial charge >= 0.3 is 0 Å². The number of anilines is 1. The number of hydrogen-bond donors (Lipinski definition) is 0. The van der Waals surface area contributed by atoms with E-state index < -0.39 is 17.4 Å². The van der Waals surface area contributed by atoms with Crippen molar-refractivity contribution in [3.63, 3.8) is 0 Å². The van der Waals surface area contributed by atoms with Crippen LogP contribution >= 0.6 is 0 Å². The van der Waals surface area contributed by atoms with Crippen molar-refractivity contribution in [2.24, 2.45) is 0 Å². The van der Waals surface area contributed by atoms with Gasteiger partial charge in [-0.3, -0.25) is 9.59 Å². The van der Waals surface area contributed by atoms with Crippen molar-refractivity contribution in [1.29, 1.82) is 0 Å². The first kappa shape index (κ1) is 12.7. The molecule has 1 amide bonds. The van der Waals surface area contributed by atoms with Crippen LogP contribution in [0.5, 0.6) is 0 Å². The topological polar surface area (TPSA) is 37.4 Å². The molecule has 1 aromatic rings. The molecule has 18 heavy (non-hydrogen) atoms. The van der Waals surface area contributed by atoms with Gasteiger partial charge in [-0.05, 0) is 18.6 Å². The normalized spacial score (nSPS) is 23.4. The largest absolute Gasteiger partial charge is 0.309 e. The Hall–Kier alpha value is -1.71. The van der Waals surface area contributed by atoms with E-state index in [9.17, 15) is 14.0 Å². The minimum atomic E-state index is -2.31. The van der Waals surface area contributed by atoms with Crippen LogP contribution in [0.4, 0.5) is 10.1 Å². The van der Waals surface area contributed by atoms with E-state index in [-0.39, 0.29) is 19.4 Å². The Kier molecular flexibility index (Phi) is 3.45. The summed E-state index contributed by atoms with van der Waals surface area (Å²) in [5.74, 6) is -1.31. The minimum Gasteiger partial charge on any atom is -0.309 e. The predicted octanol–water partition coefficient (Wildman–Crippen LogP) is 2.50. The Morgan fingerprint density at radius 2 is 2.06 bits per heavy atom. The van der Waals surface area contributed by atoms with Crippen LogP contribution < -0.4 is 4.90 Å². The zero-order chi connectivity index (χ0) is 13.2. The number of nitrogens with zero attached hydrogens (tertiary/aromatic N) is 1. The zero-order valence-electron chi connectivity index (χ0n) is 10.4. The van der Waals surface area contributed by atoms with E-state index in [1.807, 2.05) is 6.07 Å². The van der Waals surface area contributed by atoms with Crippen LogP contribution in [0.15, 0.2) is 30.3 Å². The summed E-state index contributed by atoms with van der Waals surface area (Å²) in [6.45, 7) is 2.06. The molecule has 0 N–H and O–H groups in total. The third-order valence-corrected chi connectivity index (χ3v) is 3.25. The van der Waals surface area contributed by atoms with Crippen LogP contribution in [0, 0.1) is 0 Å². The van der Waals surface area contributed by atoms with Gasteiger partial charge in [0.05, 0.1) is 0 Å². The standard InChI is InChI=1S/C14H16FNO2/c1-2-6-12(17)14(15)9-10-16(13(14)18)11-7-4-3-5-8-11/h3-5,7-8H,2,6,9-10H2,1H3. The summed E-state index contributed by atoms with van der Waals surface area (Å²) < 4.78 is 14.5. The van der Waals surface area contributed by atoms with Gasteiger partial charge < -0.3 is 4.90 Å². The highest BCUT2D eigenvalue weighted by Crippen LogP contribution is 2.32. The summed E-state index contributed by atoms with van der Waals surface area (Å²) in [7, 11) is 0. The second-order valence-electron chi connectivity index (χ2n) is 4.52. The Morgan fingerprint density at radius 1 is 1.39 bits per heavy atom. The molecule has 1 saturated heterocycles. The quantitative estimate of drug-likeness (QED) is 0.769. The first-order chi connectivity index (χ1) is 8.59. The highest BCUT2D eigenvalue weighted by molar-refractivity contribution is 6.17. The van der Waals surface area contributed by atoms with Crippen molar-refractivity contribution in [2.45, 2.75) is 31.9 Å². The van der Waals surface area contributed by atoms with E-state index >= 15 is 0 Å². The van der Waals surface area contributed by atoms with Crippen molar-refractivity contribution < 1.29 is 14.0 Å². The van der Waals surface area contributed by atoms with E-state index in [0.29, 0.717) is 12.1 Å². The fourth-order valence-electron chi connectivity index (χ4n) is 2.23. The number of rotatable bonds is 4. The number of benzene rings is 1. The molecular weight excluding hydrogens is 233 g/mol. The Labute approximate surface area is 106 Å². The monoisotopic (exact) mass is 249 g/mol. The van der Waals surface area contributed by atoms with Crippen molar-refractivity contribution in [1.82, 2.24) is 0 Å². The van der Waals surface area contributed by atoms with Crippen LogP contribution in [0.25, 0.3) is 0 Å². The average molecular weight is 249 g/mol. The van der Waals surface area contributed by atoms with Crippen molar-refractivity contribution in [3.8, 4) is 0 Å². The summed E-state index contributed by atoms with van der Waals surface area (Å²) in [6.07, 6.45) is 0.632. The molecule has 1 fully saturated rings. The first-order valence-electron chi connectivity index (χ1n) is 6.19. The molecule has 0 spiro atoms. The maximum atomic E-state index is 14.5. The highest BCUT2D eigenvalue weighted by Gasteiger charge is 2.52. The van der Waals surface area contributed by atoms with Crippen LogP contribution in [-0.2, 0) is 9.59 Å². The number of carbonyl (C=O) groups is 2. The van der Waals surface area contributed by atoms with E-state index in [2.05, 4.69) is 0 Å². The molecule has 0 saturated carbocycles. The molecule has 0 aliphatic carbocycles. The zero-order valence-corrected chi connectivity index (χ0v) is 10.4. The number of Topliss-reactive ketones (excluding diaryl/α,β-unsaturated/α-hetero) is 1. The molecule has 4 heteroatoms. The van der Waals surface area contributed by atoms with Crippen LogP contribution in [0.3, 0.4) is 0 Å². The lowest BCUT2D eigenvalue weighted by atomic mass is 9.95. The molecule has 0 aromatic heterocycles. The molecule has 1 unspecified atom stereocenters. The van der Waals surface area contributed by atoms with Gasteiger partial charge in [-0.2, -0.15) is 0 Å². The fraction of sp³-hybridized carbons (Fsp3) is 0.429. The first-order valence-corrected chi connectivity index (χ1v) is 6.19. The molecule has 2 rings (SSSR count). The van der Waals surface area contributed by atoms with Crippen molar-refractivity contribution in [3.05, 3.63) is 30.3 Å². The summed E-state index contributed by atoms with van der Waals surface area (Å²) in [5.41, 5.74) is -1.67. The fourth-order valence-corrected chi connectivity index (χ4v) is 2.23. The van der Waals surface area contributed by atoms with Gasteiger partial charge in [-0.1, -0.05) is 25.1 Å². The van der Waals surface area contributed by atoms with Crippen molar-refractivity contribution in [2.75, 3.05) is 11.4 Å². The maximum Gasteiger partial charge on any atom is 0.272 e. The molecule has 1 aromatic carbocycles. The Morgan fingerprint density at radius 3 is 2.67 bits per heavy atom. The van der Waals surface area contributed by atoms with E-state index in [4.69, 9.17) is 0 Å². The third-order valence-electron chi connectivity index (χ3n) is 3.25. The Bertz CT molecular complexity index is 460. The average Bonchev–Trinajstić information content (AvgIpc) is 2.69. The molecule has 0 radical (unpaired) electrons. The number of halogens is 1. The van der Waals surface area contributed by atoms with Gasteiger partial charge in [0.2, 0.25) is 5.67 Å². The second kappa shape index (κ2) is 4.88. The number of para-hydroxylation sites is 1. The SMILES string of the molecule is CCCC(=O)C1(F)CCN(c2ccccc2)C1=O. The van der Waals surface area contributed by atoms with E-state index in [0.717, 1.165) is 0 Å². The summed E-state index contributed by atoms with van der Waals surface area (Å²) in [4.78, 5) is 25.2. The lowest BCUT2D eigenvalue weighted by molar-refractivity contribution is -0.140. The molecule has 1 aliphatic heterocycles. The van der Waals surface area contributed by atoms with Crippen LogP contribution in [-0.4, -0.2) is 23.9 Å². The van der Waals surface area contributed by atoms with E-state index in [1.165, 1.54) is 4.90 Å². The number of alkyl halides is 1. The predicted molar refractivity (Wildman–Crippen MR) is 67.2 cm³/mol. The number of carbonyl (C=O) groups excluding carboxylic acids is 2. The van der Waals surface area contributed by atoms with Crippen molar-refractivity contribution >= 4 is 17.4 Å². The maximum absolute atomic E-state index is 14.5.